The minimum absolute atomic E-state index is 0.209. The summed E-state index contributed by atoms with van der Waals surface area (Å²) in [5, 5.41) is 0.971. The molecular weight excluding hydrogens is 381 g/mol. The van der Waals surface area contributed by atoms with E-state index < -0.39 is 23.3 Å². The van der Waals surface area contributed by atoms with E-state index in [1.165, 1.54) is 0 Å². The van der Waals surface area contributed by atoms with Crippen LogP contribution < -0.4 is 5.43 Å². The lowest BCUT2D eigenvalue weighted by Gasteiger charge is -2.43. The monoisotopic (exact) mass is 405 g/mol. The van der Waals surface area contributed by atoms with Crippen molar-refractivity contribution in [1.82, 2.24) is 15.4 Å². The van der Waals surface area contributed by atoms with E-state index in [0.717, 1.165) is 48.1 Å². The van der Waals surface area contributed by atoms with Crippen molar-refractivity contribution in [2.24, 2.45) is 0 Å². The Morgan fingerprint density at radius 1 is 1.29 bits per heavy atom. The van der Waals surface area contributed by atoms with Crippen molar-refractivity contribution < 1.29 is 14.0 Å². The molecule has 1 aliphatic rings. The summed E-state index contributed by atoms with van der Waals surface area (Å²) >= 11 is 6.16. The highest BCUT2D eigenvalue weighted by atomic mass is 35.5. The zero-order chi connectivity index (χ0) is 20.3. The van der Waals surface area contributed by atoms with E-state index in [2.05, 4.69) is 17.3 Å². The summed E-state index contributed by atoms with van der Waals surface area (Å²) in [6.45, 7) is 3.99. The number of carbonyl (C=O) groups is 2. The van der Waals surface area contributed by atoms with Crippen LogP contribution in [-0.4, -0.2) is 27.2 Å². The van der Waals surface area contributed by atoms with Gasteiger partial charge in [0.1, 0.15) is 11.4 Å². The molecule has 1 aromatic carbocycles. The standard InChI is InChI=1S/C21H25ClFN3O2/c1-3-4-5-6-7-11-16(27)25-26-19(17(22)21(26)28)15-12-14-10-8-9-13(2)18(14)24-20(15)23/h8-10,12,17,19H,3-7,11H2,1-2H3,(H,25,27)/t17-,19-/m0/s1. The first-order valence-electron chi connectivity index (χ1n) is 9.76. The second kappa shape index (κ2) is 8.86. The third kappa shape index (κ3) is 4.12. The summed E-state index contributed by atoms with van der Waals surface area (Å²) in [5.74, 6) is -1.37. The predicted molar refractivity (Wildman–Crippen MR) is 107 cm³/mol. The Bertz CT molecular complexity index is 889. The molecule has 0 unspecified atom stereocenters. The van der Waals surface area contributed by atoms with Crippen molar-refractivity contribution in [2.75, 3.05) is 0 Å². The van der Waals surface area contributed by atoms with Crippen LogP contribution in [0.3, 0.4) is 0 Å². The number of amides is 2. The molecule has 150 valence electrons. The van der Waals surface area contributed by atoms with Crippen LogP contribution in [0, 0.1) is 12.9 Å². The molecule has 1 saturated heterocycles. The molecular formula is C21H25ClFN3O2. The first-order valence-corrected chi connectivity index (χ1v) is 10.2. The minimum atomic E-state index is -0.927. The summed E-state index contributed by atoms with van der Waals surface area (Å²) in [7, 11) is 0. The van der Waals surface area contributed by atoms with Crippen LogP contribution in [0.25, 0.3) is 10.9 Å². The van der Waals surface area contributed by atoms with Crippen LogP contribution in [-0.2, 0) is 9.59 Å². The van der Waals surface area contributed by atoms with Crippen molar-refractivity contribution >= 4 is 34.3 Å². The molecule has 3 rings (SSSR count). The van der Waals surface area contributed by atoms with Gasteiger partial charge in [0.15, 0.2) is 0 Å². The number of nitrogens with zero attached hydrogens (tertiary/aromatic N) is 2. The number of aromatic nitrogens is 1. The highest BCUT2D eigenvalue weighted by molar-refractivity contribution is 6.33. The number of rotatable bonds is 8. The van der Waals surface area contributed by atoms with Gasteiger partial charge < -0.3 is 0 Å². The first-order chi connectivity index (χ1) is 13.4. The fraction of sp³-hybridized carbons (Fsp3) is 0.476. The molecule has 2 atom stereocenters. The molecule has 0 radical (unpaired) electrons. The number of hydrazine groups is 1. The van der Waals surface area contributed by atoms with Gasteiger partial charge in [-0.25, -0.2) is 9.99 Å². The lowest BCUT2D eigenvalue weighted by molar-refractivity contribution is -0.156. The number of unbranched alkanes of at least 4 members (excludes halogenated alkanes) is 4. The van der Waals surface area contributed by atoms with Crippen LogP contribution in [0.15, 0.2) is 24.3 Å². The van der Waals surface area contributed by atoms with Crippen molar-refractivity contribution in [1.29, 1.82) is 0 Å². The molecule has 7 heteroatoms. The Kier molecular flexibility index (Phi) is 6.50. The molecule has 2 aromatic rings. The summed E-state index contributed by atoms with van der Waals surface area (Å²) < 4.78 is 14.7. The molecule has 1 fully saturated rings. The zero-order valence-electron chi connectivity index (χ0n) is 16.2. The Morgan fingerprint density at radius 3 is 2.79 bits per heavy atom. The van der Waals surface area contributed by atoms with E-state index in [0.29, 0.717) is 11.9 Å². The number of β-lactam (4-membered cyclic amide) rings is 1. The van der Waals surface area contributed by atoms with Crippen LogP contribution in [0.5, 0.6) is 0 Å². The highest BCUT2D eigenvalue weighted by Gasteiger charge is 2.49. The molecule has 2 heterocycles. The molecule has 1 aliphatic heterocycles. The number of carbonyl (C=O) groups excluding carboxylic acids is 2. The molecule has 1 aromatic heterocycles. The van der Waals surface area contributed by atoms with Gasteiger partial charge in [-0.15, -0.1) is 11.6 Å². The van der Waals surface area contributed by atoms with E-state index in [1.807, 2.05) is 25.1 Å². The van der Waals surface area contributed by atoms with Gasteiger partial charge in [-0.1, -0.05) is 50.8 Å². The molecule has 0 spiro atoms. The Balaban J connectivity index is 1.72. The second-order valence-corrected chi connectivity index (χ2v) is 7.74. The van der Waals surface area contributed by atoms with Gasteiger partial charge in [0, 0.05) is 17.4 Å². The zero-order valence-corrected chi connectivity index (χ0v) is 16.9. The van der Waals surface area contributed by atoms with Gasteiger partial charge >= 0.3 is 0 Å². The number of hydrogen-bond donors (Lipinski definition) is 1. The third-order valence-electron chi connectivity index (χ3n) is 5.13. The molecule has 0 saturated carbocycles. The van der Waals surface area contributed by atoms with E-state index in [1.54, 1.807) is 6.07 Å². The molecule has 28 heavy (non-hydrogen) atoms. The average Bonchev–Trinajstić information content (AvgIpc) is 2.68. The normalized spacial score (nSPS) is 19.0. The number of para-hydroxylation sites is 1. The van der Waals surface area contributed by atoms with E-state index in [-0.39, 0.29) is 11.5 Å². The van der Waals surface area contributed by atoms with Gasteiger partial charge in [0.25, 0.3) is 5.91 Å². The first kappa shape index (κ1) is 20.5. The molecule has 0 aliphatic carbocycles. The SMILES string of the molecule is CCCCCCCC(=O)NN1C(=O)[C@@H](Cl)[C@@H]1c1cc2cccc(C)c2nc1F. The lowest BCUT2D eigenvalue weighted by Crippen LogP contribution is -2.63. The highest BCUT2D eigenvalue weighted by Crippen LogP contribution is 2.39. The molecule has 0 bridgehead atoms. The van der Waals surface area contributed by atoms with Crippen LogP contribution in [0.2, 0.25) is 0 Å². The number of fused-ring (bicyclic) bond motifs is 1. The van der Waals surface area contributed by atoms with Crippen LogP contribution in [0.4, 0.5) is 4.39 Å². The average molecular weight is 406 g/mol. The molecule has 5 nitrogen and oxygen atoms in total. The largest absolute Gasteiger partial charge is 0.273 e. The Hall–Kier alpha value is -2.21. The number of hydrogen-bond acceptors (Lipinski definition) is 3. The maximum atomic E-state index is 14.7. The smallest absolute Gasteiger partial charge is 0.262 e. The number of aryl methyl sites for hydroxylation is 1. The fourth-order valence-corrected chi connectivity index (χ4v) is 3.86. The van der Waals surface area contributed by atoms with Crippen molar-refractivity contribution in [3.63, 3.8) is 0 Å². The van der Waals surface area contributed by atoms with Gasteiger partial charge in [-0.2, -0.15) is 4.39 Å². The number of alkyl halides is 1. The quantitative estimate of drug-likeness (QED) is 0.303. The minimum Gasteiger partial charge on any atom is -0.273 e. The van der Waals surface area contributed by atoms with E-state index >= 15 is 0 Å². The molecule has 1 N–H and O–H groups in total. The van der Waals surface area contributed by atoms with Gasteiger partial charge in [0.2, 0.25) is 11.9 Å². The van der Waals surface area contributed by atoms with Crippen molar-refractivity contribution in [3.05, 3.63) is 41.3 Å². The van der Waals surface area contributed by atoms with Crippen LogP contribution >= 0.6 is 11.6 Å². The number of pyridine rings is 1. The number of nitrogens with one attached hydrogen (secondary N) is 1. The van der Waals surface area contributed by atoms with Gasteiger partial charge in [0.05, 0.1) is 5.52 Å². The number of benzene rings is 1. The summed E-state index contributed by atoms with van der Waals surface area (Å²) in [6.07, 6.45) is 5.43. The van der Waals surface area contributed by atoms with Crippen LogP contribution in [0.1, 0.15) is 62.6 Å². The lowest BCUT2D eigenvalue weighted by atomic mass is 9.94. The number of halogens is 2. The van der Waals surface area contributed by atoms with Gasteiger partial charge in [-0.3, -0.25) is 15.0 Å². The van der Waals surface area contributed by atoms with Crippen molar-refractivity contribution in [2.45, 2.75) is 63.8 Å². The predicted octanol–water partition coefficient (Wildman–Crippen LogP) is 4.56. The van der Waals surface area contributed by atoms with E-state index in [4.69, 9.17) is 11.6 Å². The third-order valence-corrected chi connectivity index (χ3v) is 5.55. The summed E-state index contributed by atoms with van der Waals surface area (Å²) in [4.78, 5) is 28.4. The fourth-order valence-electron chi connectivity index (χ4n) is 3.50. The molecule has 2 amide bonds. The topological polar surface area (TPSA) is 62.3 Å². The Morgan fingerprint density at radius 2 is 2.04 bits per heavy atom. The summed E-state index contributed by atoms with van der Waals surface area (Å²) in [5.41, 5.74) is 4.23. The van der Waals surface area contributed by atoms with Crippen molar-refractivity contribution in [3.8, 4) is 0 Å². The van der Waals surface area contributed by atoms with E-state index in [9.17, 15) is 14.0 Å². The van der Waals surface area contributed by atoms with Gasteiger partial charge in [-0.05, 0) is 25.0 Å². The Labute approximate surface area is 169 Å². The maximum absolute atomic E-state index is 14.7. The maximum Gasteiger partial charge on any atom is 0.262 e. The second-order valence-electron chi connectivity index (χ2n) is 7.27. The summed E-state index contributed by atoms with van der Waals surface area (Å²) in [6, 6.07) is 6.44.